The highest BCUT2D eigenvalue weighted by Crippen LogP contribution is 2.32. The van der Waals surface area contributed by atoms with Gasteiger partial charge >= 0.3 is 0 Å². The van der Waals surface area contributed by atoms with Crippen LogP contribution in [0.2, 0.25) is 0 Å². The number of hydrogen-bond donors (Lipinski definition) is 2. The highest BCUT2D eigenvalue weighted by molar-refractivity contribution is 6.06. The molecule has 0 aliphatic heterocycles. The van der Waals surface area contributed by atoms with Gasteiger partial charge in [0, 0.05) is 34.4 Å². The molecule has 0 aliphatic carbocycles. The summed E-state index contributed by atoms with van der Waals surface area (Å²) in [6.07, 6.45) is 4.82. The molecule has 4 aromatic rings. The Morgan fingerprint density at radius 1 is 1.20 bits per heavy atom. The van der Waals surface area contributed by atoms with E-state index in [0.717, 1.165) is 16.5 Å². The third kappa shape index (κ3) is 2.85. The normalized spacial score (nSPS) is 10.8. The number of aromatic nitrogens is 2. The minimum atomic E-state index is -0.183. The van der Waals surface area contributed by atoms with Crippen molar-refractivity contribution in [2.75, 3.05) is 12.4 Å². The number of H-pyrrole nitrogens is 1. The molecule has 2 N–H and O–H groups in total. The SMILES string of the molecule is COc1cc(NC(=O)c2ccc3[nH]ccc3c2)ccc1-c1cnco1. The lowest BCUT2D eigenvalue weighted by Gasteiger charge is -2.10. The number of hydrogen-bond acceptors (Lipinski definition) is 4. The molecule has 0 unspecified atom stereocenters. The molecular formula is C19H15N3O3. The molecule has 0 bridgehead atoms. The van der Waals surface area contributed by atoms with Crippen LogP contribution in [0, 0.1) is 0 Å². The number of nitrogens with one attached hydrogen (secondary N) is 2. The number of rotatable bonds is 4. The second-order valence-corrected chi connectivity index (χ2v) is 5.51. The van der Waals surface area contributed by atoms with E-state index in [1.165, 1.54) is 6.39 Å². The molecule has 124 valence electrons. The number of methoxy groups -OCH3 is 1. The van der Waals surface area contributed by atoms with Crippen LogP contribution in [0.15, 0.2) is 65.7 Å². The Balaban J connectivity index is 1.60. The molecule has 2 heterocycles. The number of carbonyl (C=O) groups is 1. The van der Waals surface area contributed by atoms with Crippen molar-refractivity contribution in [1.82, 2.24) is 9.97 Å². The van der Waals surface area contributed by atoms with Crippen molar-refractivity contribution in [3.05, 3.63) is 66.8 Å². The van der Waals surface area contributed by atoms with Crippen molar-refractivity contribution in [3.63, 3.8) is 0 Å². The average Bonchev–Trinajstić information content (AvgIpc) is 3.32. The van der Waals surface area contributed by atoms with E-state index >= 15 is 0 Å². The van der Waals surface area contributed by atoms with Crippen molar-refractivity contribution in [2.24, 2.45) is 0 Å². The first-order valence-electron chi connectivity index (χ1n) is 7.70. The van der Waals surface area contributed by atoms with Crippen molar-refractivity contribution in [2.45, 2.75) is 0 Å². The number of fused-ring (bicyclic) bond motifs is 1. The van der Waals surface area contributed by atoms with Crippen LogP contribution in [0.1, 0.15) is 10.4 Å². The number of oxazole rings is 1. The fourth-order valence-corrected chi connectivity index (χ4v) is 2.72. The van der Waals surface area contributed by atoms with Crippen LogP contribution in [-0.4, -0.2) is 23.0 Å². The summed E-state index contributed by atoms with van der Waals surface area (Å²) in [6.45, 7) is 0. The molecule has 4 rings (SSSR count). The zero-order valence-corrected chi connectivity index (χ0v) is 13.4. The van der Waals surface area contributed by atoms with Crippen LogP contribution in [-0.2, 0) is 0 Å². The number of ether oxygens (including phenoxy) is 1. The van der Waals surface area contributed by atoms with Crippen molar-refractivity contribution >= 4 is 22.5 Å². The fraction of sp³-hybridized carbons (Fsp3) is 0.0526. The molecule has 1 amide bonds. The van der Waals surface area contributed by atoms with Crippen molar-refractivity contribution in [3.8, 4) is 17.1 Å². The van der Waals surface area contributed by atoms with Gasteiger partial charge in [0.05, 0.1) is 18.9 Å². The molecule has 0 aliphatic rings. The summed E-state index contributed by atoms with van der Waals surface area (Å²) in [5, 5.41) is 3.88. The first-order chi connectivity index (χ1) is 12.2. The number of benzene rings is 2. The van der Waals surface area contributed by atoms with Gasteiger partial charge < -0.3 is 19.5 Å². The summed E-state index contributed by atoms with van der Waals surface area (Å²) < 4.78 is 10.7. The van der Waals surface area contributed by atoms with E-state index in [4.69, 9.17) is 9.15 Å². The summed E-state index contributed by atoms with van der Waals surface area (Å²) in [6, 6.07) is 12.8. The molecule has 6 nitrogen and oxygen atoms in total. The fourth-order valence-electron chi connectivity index (χ4n) is 2.72. The monoisotopic (exact) mass is 333 g/mol. The Labute approximate surface area is 143 Å². The Kier molecular flexibility index (Phi) is 3.70. The average molecular weight is 333 g/mol. The number of amides is 1. The van der Waals surface area contributed by atoms with Gasteiger partial charge in [0.2, 0.25) is 0 Å². The van der Waals surface area contributed by atoms with E-state index in [-0.39, 0.29) is 5.91 Å². The molecule has 2 aromatic carbocycles. The van der Waals surface area contributed by atoms with E-state index in [0.29, 0.717) is 22.8 Å². The Morgan fingerprint density at radius 2 is 2.12 bits per heavy atom. The van der Waals surface area contributed by atoms with Crippen molar-refractivity contribution in [1.29, 1.82) is 0 Å². The molecule has 0 fully saturated rings. The number of aromatic amines is 1. The summed E-state index contributed by atoms with van der Waals surface area (Å²) >= 11 is 0. The third-order valence-corrected chi connectivity index (χ3v) is 3.97. The highest BCUT2D eigenvalue weighted by Gasteiger charge is 2.12. The molecule has 6 heteroatoms. The molecule has 25 heavy (non-hydrogen) atoms. The van der Waals surface area contributed by atoms with Crippen LogP contribution in [0.3, 0.4) is 0 Å². The summed E-state index contributed by atoms with van der Waals surface area (Å²) in [5.74, 6) is 1.01. The maximum atomic E-state index is 12.5. The zero-order valence-electron chi connectivity index (χ0n) is 13.4. The lowest BCUT2D eigenvalue weighted by Crippen LogP contribution is -2.11. The van der Waals surface area contributed by atoms with Crippen molar-refractivity contribution < 1.29 is 13.9 Å². The van der Waals surface area contributed by atoms with E-state index < -0.39 is 0 Å². The Morgan fingerprint density at radius 3 is 2.92 bits per heavy atom. The van der Waals surface area contributed by atoms with Gasteiger partial charge in [-0.15, -0.1) is 0 Å². The topological polar surface area (TPSA) is 80.1 Å². The van der Waals surface area contributed by atoms with Crippen LogP contribution in [0.4, 0.5) is 5.69 Å². The summed E-state index contributed by atoms with van der Waals surface area (Å²) in [5.41, 5.74) is 2.99. The van der Waals surface area contributed by atoms with E-state index in [1.807, 2.05) is 30.5 Å². The predicted octanol–water partition coefficient (Wildman–Crippen LogP) is 4.08. The largest absolute Gasteiger partial charge is 0.496 e. The first kappa shape index (κ1) is 15.0. The lowest BCUT2D eigenvalue weighted by molar-refractivity contribution is 0.102. The van der Waals surface area contributed by atoms with Gasteiger partial charge in [0.1, 0.15) is 5.75 Å². The van der Waals surface area contributed by atoms with Gasteiger partial charge in [-0.25, -0.2) is 4.98 Å². The number of carbonyl (C=O) groups excluding carboxylic acids is 1. The van der Waals surface area contributed by atoms with E-state index in [2.05, 4.69) is 15.3 Å². The third-order valence-electron chi connectivity index (χ3n) is 3.97. The van der Waals surface area contributed by atoms with Crippen LogP contribution in [0.5, 0.6) is 5.75 Å². The maximum Gasteiger partial charge on any atom is 0.255 e. The molecule has 0 saturated heterocycles. The van der Waals surface area contributed by atoms with Crippen LogP contribution < -0.4 is 10.1 Å². The smallest absolute Gasteiger partial charge is 0.255 e. The predicted molar refractivity (Wildman–Crippen MR) is 94.7 cm³/mol. The summed E-state index contributed by atoms with van der Waals surface area (Å²) in [4.78, 5) is 19.5. The van der Waals surface area contributed by atoms with Gasteiger partial charge in [-0.1, -0.05) is 0 Å². The molecular weight excluding hydrogens is 318 g/mol. The maximum absolute atomic E-state index is 12.5. The van der Waals surface area contributed by atoms with Gasteiger partial charge in [-0.3, -0.25) is 4.79 Å². The highest BCUT2D eigenvalue weighted by atomic mass is 16.5. The van der Waals surface area contributed by atoms with Crippen LogP contribution in [0.25, 0.3) is 22.2 Å². The molecule has 0 spiro atoms. The Hall–Kier alpha value is -3.54. The minimum absolute atomic E-state index is 0.183. The van der Waals surface area contributed by atoms with Gasteiger partial charge in [-0.2, -0.15) is 0 Å². The second kappa shape index (κ2) is 6.16. The van der Waals surface area contributed by atoms with E-state index in [9.17, 15) is 4.79 Å². The molecule has 0 radical (unpaired) electrons. The molecule has 0 saturated carbocycles. The summed E-state index contributed by atoms with van der Waals surface area (Å²) in [7, 11) is 1.57. The molecule has 2 aromatic heterocycles. The van der Waals surface area contributed by atoms with Gasteiger partial charge in [0.15, 0.2) is 12.2 Å². The Bertz CT molecular complexity index is 1040. The van der Waals surface area contributed by atoms with Gasteiger partial charge in [0.25, 0.3) is 5.91 Å². The van der Waals surface area contributed by atoms with Gasteiger partial charge in [-0.05, 0) is 36.4 Å². The van der Waals surface area contributed by atoms with Crippen LogP contribution >= 0.6 is 0 Å². The molecule has 0 atom stereocenters. The number of nitrogens with zero attached hydrogens (tertiary/aromatic N) is 1. The quantitative estimate of drug-likeness (QED) is 0.589. The standard InChI is InChI=1S/C19H15N3O3/c1-24-17-9-14(3-4-15(17)18-10-20-11-25-18)22-19(23)13-2-5-16-12(8-13)6-7-21-16/h2-11,21H,1H3,(H,22,23). The zero-order chi connectivity index (χ0) is 17.2. The first-order valence-corrected chi connectivity index (χ1v) is 7.70. The lowest BCUT2D eigenvalue weighted by atomic mass is 10.1. The minimum Gasteiger partial charge on any atom is -0.496 e. The second-order valence-electron chi connectivity index (χ2n) is 5.51. The van der Waals surface area contributed by atoms with E-state index in [1.54, 1.807) is 31.5 Å². The number of anilines is 1.